The van der Waals surface area contributed by atoms with Crippen LogP contribution in [0.15, 0.2) is 161 Å². The SMILES string of the molecule is CC1(C)c2ccccc2Sc2ccc(-c3ccccc3-c3nc(-c4ccccc4)nc(-c4ccc5c(ccc6ccccc65)c4)n3)cc21. The van der Waals surface area contributed by atoms with Crippen LogP contribution in [0.25, 0.3) is 66.8 Å². The third-order valence-corrected chi connectivity index (χ3v) is 10.7. The van der Waals surface area contributed by atoms with E-state index in [1.54, 1.807) is 0 Å². The van der Waals surface area contributed by atoms with E-state index in [9.17, 15) is 0 Å². The Morgan fingerprint density at radius 2 is 1.04 bits per heavy atom. The molecule has 1 aliphatic rings. The molecule has 0 aliphatic carbocycles. The summed E-state index contributed by atoms with van der Waals surface area (Å²) in [6.07, 6.45) is 0. The summed E-state index contributed by atoms with van der Waals surface area (Å²) in [6.45, 7) is 4.66. The second kappa shape index (κ2) is 11.3. The Bertz CT molecular complexity index is 2520. The molecule has 1 aliphatic heterocycles. The summed E-state index contributed by atoms with van der Waals surface area (Å²) >= 11 is 1.86. The Labute approximate surface area is 284 Å². The minimum atomic E-state index is -0.121. The molecule has 4 heteroatoms. The molecule has 48 heavy (non-hydrogen) atoms. The molecule has 0 radical (unpaired) electrons. The number of fused-ring (bicyclic) bond motifs is 5. The van der Waals surface area contributed by atoms with Crippen LogP contribution in [0.4, 0.5) is 0 Å². The molecule has 0 unspecified atom stereocenters. The van der Waals surface area contributed by atoms with E-state index in [0.717, 1.165) is 33.2 Å². The molecule has 0 atom stereocenters. The molecular formula is C44H31N3S. The zero-order valence-corrected chi connectivity index (χ0v) is 27.5. The largest absolute Gasteiger partial charge is 0.208 e. The maximum absolute atomic E-state index is 5.17. The summed E-state index contributed by atoms with van der Waals surface area (Å²) in [4.78, 5) is 18.0. The average Bonchev–Trinajstić information content (AvgIpc) is 3.15. The topological polar surface area (TPSA) is 38.7 Å². The van der Waals surface area contributed by atoms with Gasteiger partial charge in [0, 0.05) is 31.9 Å². The van der Waals surface area contributed by atoms with Crippen LogP contribution in [0.1, 0.15) is 25.0 Å². The number of nitrogens with zero attached hydrogens (tertiary/aromatic N) is 3. The first kappa shape index (κ1) is 28.6. The molecule has 8 aromatic rings. The first-order chi connectivity index (χ1) is 23.5. The van der Waals surface area contributed by atoms with Crippen LogP contribution in [-0.2, 0) is 5.41 Å². The van der Waals surface area contributed by atoms with Crippen LogP contribution in [0.2, 0.25) is 0 Å². The van der Waals surface area contributed by atoms with Gasteiger partial charge in [-0.05, 0) is 68.1 Å². The van der Waals surface area contributed by atoms with Crippen molar-refractivity contribution in [2.75, 3.05) is 0 Å². The van der Waals surface area contributed by atoms with Crippen LogP contribution < -0.4 is 0 Å². The Kier molecular flexibility index (Phi) is 6.73. The van der Waals surface area contributed by atoms with E-state index in [-0.39, 0.29) is 5.41 Å². The molecule has 0 spiro atoms. The van der Waals surface area contributed by atoms with Crippen molar-refractivity contribution >= 4 is 33.3 Å². The second-order valence-corrected chi connectivity index (χ2v) is 14.0. The quantitative estimate of drug-likeness (QED) is 0.181. The number of benzene rings is 7. The van der Waals surface area contributed by atoms with Crippen molar-refractivity contribution in [2.45, 2.75) is 29.1 Å². The Morgan fingerprint density at radius 3 is 1.92 bits per heavy atom. The van der Waals surface area contributed by atoms with E-state index >= 15 is 0 Å². The van der Waals surface area contributed by atoms with Gasteiger partial charge in [0.2, 0.25) is 0 Å². The van der Waals surface area contributed by atoms with Crippen LogP contribution >= 0.6 is 11.8 Å². The van der Waals surface area contributed by atoms with Gasteiger partial charge in [-0.15, -0.1) is 0 Å². The van der Waals surface area contributed by atoms with Gasteiger partial charge in [-0.3, -0.25) is 0 Å². The maximum atomic E-state index is 5.17. The molecule has 228 valence electrons. The van der Waals surface area contributed by atoms with E-state index in [4.69, 9.17) is 15.0 Å². The van der Waals surface area contributed by atoms with Gasteiger partial charge < -0.3 is 0 Å². The molecule has 0 bridgehead atoms. The van der Waals surface area contributed by atoms with Gasteiger partial charge in [0.25, 0.3) is 0 Å². The molecule has 0 saturated heterocycles. The average molecular weight is 634 g/mol. The van der Waals surface area contributed by atoms with Crippen molar-refractivity contribution in [3.63, 3.8) is 0 Å². The monoisotopic (exact) mass is 633 g/mol. The van der Waals surface area contributed by atoms with Crippen molar-refractivity contribution in [1.29, 1.82) is 0 Å². The summed E-state index contributed by atoms with van der Waals surface area (Å²) in [5.74, 6) is 1.97. The molecule has 0 N–H and O–H groups in total. The number of aromatic nitrogens is 3. The fourth-order valence-electron chi connectivity index (χ4n) is 7.03. The smallest absolute Gasteiger partial charge is 0.164 e. The first-order valence-electron chi connectivity index (χ1n) is 16.3. The van der Waals surface area contributed by atoms with E-state index in [1.807, 2.05) is 30.0 Å². The second-order valence-electron chi connectivity index (χ2n) is 12.9. The highest BCUT2D eigenvalue weighted by atomic mass is 32.2. The number of rotatable bonds is 4. The third-order valence-electron chi connectivity index (χ3n) is 9.58. The first-order valence-corrected chi connectivity index (χ1v) is 17.1. The zero-order valence-electron chi connectivity index (χ0n) is 26.7. The van der Waals surface area contributed by atoms with Crippen LogP contribution in [0, 0.1) is 0 Å². The summed E-state index contributed by atoms with van der Waals surface area (Å²) in [7, 11) is 0. The summed E-state index contributed by atoms with van der Waals surface area (Å²) in [5.41, 5.74) is 7.73. The van der Waals surface area contributed by atoms with E-state index in [2.05, 4.69) is 147 Å². The molecule has 0 amide bonds. The van der Waals surface area contributed by atoms with Crippen LogP contribution in [-0.4, -0.2) is 15.0 Å². The van der Waals surface area contributed by atoms with Gasteiger partial charge in [-0.25, -0.2) is 15.0 Å². The van der Waals surface area contributed by atoms with Gasteiger partial charge in [0.15, 0.2) is 17.5 Å². The van der Waals surface area contributed by atoms with Gasteiger partial charge >= 0.3 is 0 Å². The predicted molar refractivity (Wildman–Crippen MR) is 199 cm³/mol. The normalized spacial score (nSPS) is 13.3. The summed E-state index contributed by atoms with van der Waals surface area (Å²) in [6, 6.07) is 53.7. The molecule has 2 heterocycles. The van der Waals surface area contributed by atoms with Crippen molar-refractivity contribution in [1.82, 2.24) is 15.0 Å². The summed E-state index contributed by atoms with van der Waals surface area (Å²) in [5, 5.41) is 4.85. The van der Waals surface area contributed by atoms with Gasteiger partial charge in [0.05, 0.1) is 0 Å². The molecule has 0 fully saturated rings. The van der Waals surface area contributed by atoms with Crippen LogP contribution in [0.5, 0.6) is 0 Å². The standard InChI is InChI=1S/C44H31N3S/c1-44(2)37-18-10-11-19-39(37)48-40-25-23-31(27-38(40)44)34-16-8-9-17-36(34)43-46-41(29-13-4-3-5-14-29)45-42(47-43)32-22-24-35-30(26-32)21-20-28-12-6-7-15-33(28)35/h3-27H,1-2H3. The van der Waals surface area contributed by atoms with Gasteiger partial charge in [-0.1, -0.05) is 153 Å². The summed E-state index contributed by atoms with van der Waals surface area (Å²) < 4.78 is 0. The van der Waals surface area contributed by atoms with Crippen molar-refractivity contribution in [3.8, 4) is 45.3 Å². The van der Waals surface area contributed by atoms with Gasteiger partial charge in [0.1, 0.15) is 0 Å². The fourth-order valence-corrected chi connectivity index (χ4v) is 8.41. The Hall–Kier alpha value is -5.58. The molecule has 3 nitrogen and oxygen atoms in total. The lowest BCUT2D eigenvalue weighted by molar-refractivity contribution is 0.607. The lowest BCUT2D eigenvalue weighted by Crippen LogP contribution is -2.23. The van der Waals surface area contributed by atoms with E-state index in [0.29, 0.717) is 17.5 Å². The van der Waals surface area contributed by atoms with Crippen molar-refractivity contribution in [3.05, 3.63) is 163 Å². The van der Waals surface area contributed by atoms with Crippen molar-refractivity contribution < 1.29 is 0 Å². The lowest BCUT2D eigenvalue weighted by atomic mass is 9.77. The Morgan fingerprint density at radius 1 is 0.417 bits per heavy atom. The number of hydrogen-bond acceptors (Lipinski definition) is 4. The molecular weight excluding hydrogens is 603 g/mol. The lowest BCUT2D eigenvalue weighted by Gasteiger charge is -2.35. The molecule has 7 aromatic carbocycles. The van der Waals surface area contributed by atoms with E-state index in [1.165, 1.54) is 37.1 Å². The van der Waals surface area contributed by atoms with Gasteiger partial charge in [-0.2, -0.15) is 0 Å². The van der Waals surface area contributed by atoms with Crippen molar-refractivity contribution in [2.24, 2.45) is 0 Å². The van der Waals surface area contributed by atoms with E-state index < -0.39 is 0 Å². The number of hydrogen-bond donors (Lipinski definition) is 0. The third kappa shape index (κ3) is 4.80. The minimum absolute atomic E-state index is 0.121. The molecule has 9 rings (SSSR count). The minimum Gasteiger partial charge on any atom is -0.208 e. The highest BCUT2D eigenvalue weighted by molar-refractivity contribution is 7.99. The molecule has 0 saturated carbocycles. The zero-order chi connectivity index (χ0) is 32.2. The highest BCUT2D eigenvalue weighted by Crippen LogP contribution is 2.50. The Balaban J connectivity index is 1.20. The fraction of sp³-hybridized carbons (Fsp3) is 0.0682. The van der Waals surface area contributed by atoms with Crippen LogP contribution in [0.3, 0.4) is 0 Å². The molecule has 1 aromatic heterocycles. The maximum Gasteiger partial charge on any atom is 0.164 e. The predicted octanol–water partition coefficient (Wildman–Crippen LogP) is 11.6. The highest BCUT2D eigenvalue weighted by Gasteiger charge is 2.33.